The van der Waals surface area contributed by atoms with Crippen molar-refractivity contribution in [2.24, 2.45) is 0 Å². The van der Waals surface area contributed by atoms with Crippen LogP contribution in [0.3, 0.4) is 0 Å². The first kappa shape index (κ1) is 16.0. The topological polar surface area (TPSA) is 0 Å². The molecule has 0 saturated heterocycles. The van der Waals surface area contributed by atoms with Crippen molar-refractivity contribution < 1.29 is 0 Å². The third-order valence-corrected chi connectivity index (χ3v) is 6.58. The molecule has 0 radical (unpaired) electrons. The average Bonchev–Trinajstić information content (AvgIpc) is 2.82. The first-order chi connectivity index (χ1) is 14.9. The van der Waals surface area contributed by atoms with E-state index in [1.54, 1.807) is 0 Å². The molecule has 0 amide bonds. The zero-order valence-corrected chi connectivity index (χ0v) is 16.4. The molecule has 0 nitrogen and oxygen atoms in total. The highest BCUT2D eigenvalue weighted by atomic mass is 14.2. The Bertz CT molecular complexity index is 1630. The summed E-state index contributed by atoms with van der Waals surface area (Å²) in [4.78, 5) is 0. The van der Waals surface area contributed by atoms with Crippen LogP contribution in [0.2, 0.25) is 0 Å². The fourth-order valence-electron chi connectivity index (χ4n) is 5.22. The van der Waals surface area contributed by atoms with Crippen molar-refractivity contribution in [2.75, 3.05) is 0 Å². The van der Waals surface area contributed by atoms with Crippen LogP contribution in [0, 0.1) is 0 Å². The van der Waals surface area contributed by atoms with Gasteiger partial charge in [0.05, 0.1) is 0 Å². The van der Waals surface area contributed by atoms with Crippen LogP contribution in [-0.2, 0) is 0 Å². The third-order valence-electron chi connectivity index (χ3n) is 6.58. The Morgan fingerprint density at radius 2 is 0.533 bits per heavy atom. The quantitative estimate of drug-likeness (QED) is 0.232. The van der Waals surface area contributed by atoms with Crippen LogP contribution in [0.1, 0.15) is 0 Å². The maximum atomic E-state index is 2.27. The second-order valence-corrected chi connectivity index (χ2v) is 8.16. The van der Waals surface area contributed by atoms with Crippen LogP contribution in [0.15, 0.2) is 109 Å². The molecule has 0 heteroatoms. The highest BCUT2D eigenvalue weighted by Crippen LogP contribution is 2.41. The summed E-state index contributed by atoms with van der Waals surface area (Å²) in [5.74, 6) is 0. The van der Waals surface area contributed by atoms with Gasteiger partial charge in [0.15, 0.2) is 0 Å². The molecule has 30 heavy (non-hydrogen) atoms. The maximum Gasteiger partial charge on any atom is -0.00141 e. The number of hydrogen-bond acceptors (Lipinski definition) is 0. The van der Waals surface area contributed by atoms with Gasteiger partial charge >= 0.3 is 0 Å². The lowest BCUT2D eigenvalue weighted by Gasteiger charge is -2.14. The van der Waals surface area contributed by atoms with Crippen molar-refractivity contribution in [3.8, 4) is 0 Å². The molecule has 0 unspecified atom stereocenters. The third kappa shape index (κ3) is 2.06. The summed E-state index contributed by atoms with van der Waals surface area (Å²) in [7, 11) is 0. The van der Waals surface area contributed by atoms with Crippen molar-refractivity contribution in [3.63, 3.8) is 0 Å². The minimum Gasteiger partial charge on any atom is -0.0616 e. The van der Waals surface area contributed by atoms with Gasteiger partial charge < -0.3 is 0 Å². The van der Waals surface area contributed by atoms with Gasteiger partial charge in [-0.2, -0.15) is 0 Å². The van der Waals surface area contributed by atoms with Gasteiger partial charge in [0.2, 0.25) is 0 Å². The molecule has 0 aliphatic heterocycles. The van der Waals surface area contributed by atoms with Gasteiger partial charge in [-0.05, 0) is 64.6 Å². The highest BCUT2D eigenvalue weighted by molar-refractivity contribution is 6.35. The van der Waals surface area contributed by atoms with E-state index in [0.717, 1.165) is 0 Å². The Balaban J connectivity index is 1.90. The molecule has 0 atom stereocenters. The molecular formula is C30H18. The summed E-state index contributed by atoms with van der Waals surface area (Å²) in [5.41, 5.74) is 0. The number of benzene rings is 7. The van der Waals surface area contributed by atoms with Gasteiger partial charge in [0, 0.05) is 0 Å². The SMILES string of the molecule is c1ccc2c(c1)ccc1ccc3ccc4ccc5ccc6ccccc6c5c4c3c12. The molecule has 0 fully saturated rings. The summed E-state index contributed by atoms with van der Waals surface area (Å²) in [6.45, 7) is 0. The lowest BCUT2D eigenvalue weighted by atomic mass is 9.89. The first-order valence-electron chi connectivity index (χ1n) is 10.5. The normalized spacial score (nSPS) is 12.0. The summed E-state index contributed by atoms with van der Waals surface area (Å²) in [6.07, 6.45) is 0. The molecule has 0 saturated carbocycles. The number of fused-ring (bicyclic) bond motifs is 11. The lowest BCUT2D eigenvalue weighted by Crippen LogP contribution is -1.86. The summed E-state index contributed by atoms with van der Waals surface area (Å²) < 4.78 is 0. The fraction of sp³-hybridized carbons (Fsp3) is 0. The lowest BCUT2D eigenvalue weighted by molar-refractivity contribution is 1.78. The summed E-state index contributed by atoms with van der Waals surface area (Å²) in [6, 6.07) is 40.1. The molecule has 138 valence electrons. The predicted molar refractivity (Wildman–Crippen MR) is 131 cm³/mol. The van der Waals surface area contributed by atoms with Crippen LogP contribution in [0.25, 0.3) is 64.6 Å². The van der Waals surface area contributed by atoms with Gasteiger partial charge in [0.1, 0.15) is 0 Å². The molecular weight excluding hydrogens is 360 g/mol. The minimum atomic E-state index is 1.29. The summed E-state index contributed by atoms with van der Waals surface area (Å²) >= 11 is 0. The van der Waals surface area contributed by atoms with E-state index in [2.05, 4.69) is 109 Å². The smallest absolute Gasteiger partial charge is 0.00141 e. The molecule has 0 heterocycles. The van der Waals surface area contributed by atoms with E-state index in [4.69, 9.17) is 0 Å². The van der Waals surface area contributed by atoms with Gasteiger partial charge in [-0.15, -0.1) is 0 Å². The highest BCUT2D eigenvalue weighted by Gasteiger charge is 2.12. The Morgan fingerprint density at radius 3 is 0.933 bits per heavy atom. The second kappa shape index (κ2) is 5.81. The monoisotopic (exact) mass is 378 g/mol. The molecule has 7 aromatic carbocycles. The van der Waals surface area contributed by atoms with E-state index in [1.807, 2.05) is 0 Å². The fourth-order valence-corrected chi connectivity index (χ4v) is 5.22. The number of rotatable bonds is 0. The first-order valence-corrected chi connectivity index (χ1v) is 10.5. The van der Waals surface area contributed by atoms with Gasteiger partial charge in [-0.3, -0.25) is 0 Å². The van der Waals surface area contributed by atoms with Crippen LogP contribution < -0.4 is 0 Å². The Hall–Kier alpha value is -3.90. The Labute approximate surface area is 174 Å². The van der Waals surface area contributed by atoms with Gasteiger partial charge in [-0.1, -0.05) is 109 Å². The molecule has 7 rings (SSSR count). The maximum absolute atomic E-state index is 2.27. The molecule has 0 spiro atoms. The Morgan fingerprint density at radius 1 is 0.233 bits per heavy atom. The molecule has 7 aromatic rings. The van der Waals surface area contributed by atoms with Crippen molar-refractivity contribution >= 4 is 64.6 Å². The van der Waals surface area contributed by atoms with E-state index < -0.39 is 0 Å². The molecule has 0 aliphatic carbocycles. The van der Waals surface area contributed by atoms with Gasteiger partial charge in [0.25, 0.3) is 0 Å². The van der Waals surface area contributed by atoms with E-state index >= 15 is 0 Å². The van der Waals surface area contributed by atoms with Crippen molar-refractivity contribution in [3.05, 3.63) is 109 Å². The van der Waals surface area contributed by atoms with Crippen LogP contribution in [0.4, 0.5) is 0 Å². The average molecular weight is 378 g/mol. The minimum absolute atomic E-state index is 1.29. The number of hydrogen-bond donors (Lipinski definition) is 0. The molecule has 0 N–H and O–H groups in total. The van der Waals surface area contributed by atoms with E-state index in [1.165, 1.54) is 64.6 Å². The molecule has 0 aromatic heterocycles. The van der Waals surface area contributed by atoms with Crippen LogP contribution >= 0.6 is 0 Å². The zero-order valence-electron chi connectivity index (χ0n) is 16.4. The standard InChI is InChI=1S/C30H18/c1-3-7-25-19(5-1)9-11-21-13-15-23-17-18-24-16-14-22-12-10-20-6-2-4-8-26(20)28(22)30(24)29(23)27(21)25/h1-18H. The van der Waals surface area contributed by atoms with E-state index in [0.29, 0.717) is 0 Å². The predicted octanol–water partition coefficient (Wildman–Crippen LogP) is 8.61. The molecule has 0 aliphatic rings. The van der Waals surface area contributed by atoms with E-state index in [9.17, 15) is 0 Å². The summed E-state index contributed by atoms with van der Waals surface area (Å²) in [5, 5.41) is 15.9. The van der Waals surface area contributed by atoms with E-state index in [-0.39, 0.29) is 0 Å². The zero-order chi connectivity index (χ0) is 19.7. The van der Waals surface area contributed by atoms with Crippen LogP contribution in [-0.4, -0.2) is 0 Å². The van der Waals surface area contributed by atoms with Crippen molar-refractivity contribution in [1.82, 2.24) is 0 Å². The van der Waals surface area contributed by atoms with Gasteiger partial charge in [-0.25, -0.2) is 0 Å². The second-order valence-electron chi connectivity index (χ2n) is 8.16. The van der Waals surface area contributed by atoms with Crippen LogP contribution in [0.5, 0.6) is 0 Å². The Kier molecular flexibility index (Phi) is 3.09. The molecule has 0 bridgehead atoms. The van der Waals surface area contributed by atoms with Crippen molar-refractivity contribution in [2.45, 2.75) is 0 Å². The largest absolute Gasteiger partial charge is 0.0616 e. The van der Waals surface area contributed by atoms with Crippen molar-refractivity contribution in [1.29, 1.82) is 0 Å².